The van der Waals surface area contributed by atoms with Crippen LogP contribution in [0.2, 0.25) is 0 Å². The fourth-order valence-electron chi connectivity index (χ4n) is 2.73. The monoisotopic (exact) mass is 316 g/mol. The summed E-state index contributed by atoms with van der Waals surface area (Å²) in [6, 6.07) is 17.1. The van der Waals surface area contributed by atoms with E-state index in [9.17, 15) is 8.42 Å². The van der Waals surface area contributed by atoms with Gasteiger partial charge in [-0.25, -0.2) is 8.42 Å². The molecule has 4 nitrogen and oxygen atoms in total. The number of benzene rings is 2. The Labute approximate surface area is 131 Å². The molecule has 1 unspecified atom stereocenters. The van der Waals surface area contributed by atoms with Gasteiger partial charge in [0.2, 0.25) is 10.0 Å². The molecule has 5 heteroatoms. The molecule has 1 aliphatic heterocycles. The lowest BCUT2D eigenvalue weighted by Gasteiger charge is -2.26. The zero-order valence-corrected chi connectivity index (χ0v) is 13.4. The van der Waals surface area contributed by atoms with Crippen LogP contribution < -0.4 is 9.62 Å². The van der Waals surface area contributed by atoms with Crippen molar-refractivity contribution in [3.63, 3.8) is 0 Å². The van der Waals surface area contributed by atoms with Crippen molar-refractivity contribution in [2.45, 2.75) is 25.3 Å². The molecule has 1 heterocycles. The number of fused-ring (bicyclic) bond motifs is 1. The molecule has 0 amide bonds. The van der Waals surface area contributed by atoms with Crippen molar-refractivity contribution in [1.82, 2.24) is 5.32 Å². The van der Waals surface area contributed by atoms with Gasteiger partial charge in [-0.2, -0.15) is 0 Å². The summed E-state index contributed by atoms with van der Waals surface area (Å²) in [6.45, 7) is 3.15. The highest BCUT2D eigenvalue weighted by molar-refractivity contribution is 7.92. The molecular weight excluding hydrogens is 296 g/mol. The molecule has 1 atom stereocenters. The normalized spacial score (nSPS) is 18.6. The van der Waals surface area contributed by atoms with Crippen LogP contribution in [0.15, 0.2) is 54.6 Å². The van der Waals surface area contributed by atoms with Gasteiger partial charge in [-0.1, -0.05) is 48.5 Å². The lowest BCUT2D eigenvalue weighted by Crippen LogP contribution is -2.40. The predicted molar refractivity (Wildman–Crippen MR) is 89.2 cm³/mol. The third-order valence-corrected chi connectivity index (χ3v) is 5.58. The van der Waals surface area contributed by atoms with Crippen molar-refractivity contribution in [2.24, 2.45) is 0 Å². The Hall–Kier alpha value is -1.85. The third kappa shape index (κ3) is 3.15. The van der Waals surface area contributed by atoms with Crippen molar-refractivity contribution < 1.29 is 8.42 Å². The van der Waals surface area contributed by atoms with Gasteiger partial charge < -0.3 is 5.32 Å². The second-order valence-electron chi connectivity index (χ2n) is 5.68. The Morgan fingerprint density at radius 2 is 1.77 bits per heavy atom. The molecule has 2 aromatic carbocycles. The minimum atomic E-state index is -3.41. The van der Waals surface area contributed by atoms with Crippen molar-refractivity contribution >= 4 is 15.7 Å². The second kappa shape index (κ2) is 6.10. The van der Waals surface area contributed by atoms with E-state index >= 15 is 0 Å². The summed E-state index contributed by atoms with van der Waals surface area (Å²) >= 11 is 0. The van der Waals surface area contributed by atoms with Crippen LogP contribution in [-0.2, 0) is 22.3 Å². The molecule has 0 spiro atoms. The maximum atomic E-state index is 12.9. The summed E-state index contributed by atoms with van der Waals surface area (Å²) in [7, 11) is -3.41. The van der Waals surface area contributed by atoms with Crippen LogP contribution in [-0.4, -0.2) is 21.0 Å². The third-order valence-electron chi connectivity index (χ3n) is 3.87. The molecule has 0 saturated carbocycles. The molecule has 22 heavy (non-hydrogen) atoms. The Bertz CT molecular complexity index is 744. The minimum absolute atomic E-state index is 0.0227. The van der Waals surface area contributed by atoms with E-state index in [2.05, 4.69) is 5.32 Å². The summed E-state index contributed by atoms with van der Waals surface area (Å²) in [4.78, 5) is 0. The van der Waals surface area contributed by atoms with Gasteiger partial charge in [0.25, 0.3) is 0 Å². The topological polar surface area (TPSA) is 49.4 Å². The Morgan fingerprint density at radius 3 is 2.55 bits per heavy atom. The predicted octanol–water partition coefficient (Wildman–Crippen LogP) is 2.51. The van der Waals surface area contributed by atoms with Gasteiger partial charge in [0.15, 0.2) is 0 Å². The average molecular weight is 316 g/mol. The van der Waals surface area contributed by atoms with Gasteiger partial charge in [-0.05, 0) is 24.1 Å². The number of nitrogens with one attached hydrogen (secondary N) is 1. The molecule has 0 radical (unpaired) electrons. The SMILES string of the molecule is CC1CN(S(=O)(=O)Cc2ccccc2)c2ccccc2CN1. The number of anilines is 1. The highest BCUT2D eigenvalue weighted by Gasteiger charge is 2.28. The summed E-state index contributed by atoms with van der Waals surface area (Å²) in [6.07, 6.45) is 0. The van der Waals surface area contributed by atoms with E-state index in [1.807, 2.05) is 61.5 Å². The molecule has 116 valence electrons. The van der Waals surface area contributed by atoms with Crippen LogP contribution in [0.4, 0.5) is 5.69 Å². The van der Waals surface area contributed by atoms with Gasteiger partial charge >= 0.3 is 0 Å². The molecule has 2 aromatic rings. The number of hydrogen-bond acceptors (Lipinski definition) is 3. The fraction of sp³-hybridized carbons (Fsp3) is 0.294. The fourth-order valence-corrected chi connectivity index (χ4v) is 4.42. The average Bonchev–Trinajstić information content (AvgIpc) is 2.68. The van der Waals surface area contributed by atoms with E-state index in [1.54, 1.807) is 4.31 Å². The quantitative estimate of drug-likeness (QED) is 0.946. The molecule has 0 bridgehead atoms. The first-order chi connectivity index (χ1) is 10.6. The van der Waals surface area contributed by atoms with E-state index in [4.69, 9.17) is 0 Å². The Balaban J connectivity index is 1.98. The van der Waals surface area contributed by atoms with E-state index in [0.29, 0.717) is 13.1 Å². The molecule has 0 aromatic heterocycles. The van der Waals surface area contributed by atoms with E-state index in [0.717, 1.165) is 16.8 Å². The van der Waals surface area contributed by atoms with Crippen molar-refractivity contribution in [2.75, 3.05) is 10.8 Å². The van der Waals surface area contributed by atoms with Crippen molar-refractivity contribution in [3.05, 3.63) is 65.7 Å². The molecule has 0 fully saturated rings. The summed E-state index contributed by atoms with van der Waals surface area (Å²) < 4.78 is 27.4. The number of nitrogens with zero attached hydrogens (tertiary/aromatic N) is 1. The largest absolute Gasteiger partial charge is 0.308 e. The van der Waals surface area contributed by atoms with Gasteiger partial charge in [0.05, 0.1) is 11.4 Å². The highest BCUT2D eigenvalue weighted by Crippen LogP contribution is 2.27. The van der Waals surface area contributed by atoms with Gasteiger partial charge in [-0.15, -0.1) is 0 Å². The lowest BCUT2D eigenvalue weighted by atomic mass is 10.2. The summed E-state index contributed by atoms with van der Waals surface area (Å²) in [5, 5.41) is 3.36. The molecule has 0 aliphatic carbocycles. The number of para-hydroxylation sites is 1. The van der Waals surface area contributed by atoms with Crippen LogP contribution >= 0.6 is 0 Å². The molecule has 1 aliphatic rings. The second-order valence-corrected chi connectivity index (χ2v) is 7.58. The zero-order valence-electron chi connectivity index (χ0n) is 12.6. The van der Waals surface area contributed by atoms with E-state index in [1.165, 1.54) is 0 Å². The van der Waals surface area contributed by atoms with Crippen LogP contribution in [0.5, 0.6) is 0 Å². The van der Waals surface area contributed by atoms with Crippen LogP contribution in [0.1, 0.15) is 18.1 Å². The highest BCUT2D eigenvalue weighted by atomic mass is 32.2. The first-order valence-electron chi connectivity index (χ1n) is 7.42. The van der Waals surface area contributed by atoms with Crippen LogP contribution in [0.3, 0.4) is 0 Å². The van der Waals surface area contributed by atoms with Crippen LogP contribution in [0, 0.1) is 0 Å². The standard InChI is InChI=1S/C17H20N2O2S/c1-14-12-19(17-10-6-5-9-16(17)11-18-14)22(20,21)13-15-7-3-2-4-8-15/h2-10,14,18H,11-13H2,1H3. The number of sulfonamides is 1. The van der Waals surface area contributed by atoms with Crippen molar-refractivity contribution in [3.8, 4) is 0 Å². The Kier molecular flexibility index (Phi) is 4.18. The molecule has 1 N–H and O–H groups in total. The molecular formula is C17H20N2O2S. The summed E-state index contributed by atoms with van der Waals surface area (Å²) in [5.74, 6) is 0.0227. The summed E-state index contributed by atoms with van der Waals surface area (Å²) in [5.41, 5.74) is 2.61. The first kappa shape index (κ1) is 15.1. The maximum Gasteiger partial charge on any atom is 0.239 e. The first-order valence-corrected chi connectivity index (χ1v) is 9.03. The van der Waals surface area contributed by atoms with E-state index < -0.39 is 10.0 Å². The number of hydrogen-bond donors (Lipinski definition) is 1. The number of rotatable bonds is 3. The lowest BCUT2D eigenvalue weighted by molar-refractivity contribution is 0.555. The van der Waals surface area contributed by atoms with Gasteiger partial charge in [0, 0.05) is 19.1 Å². The van der Waals surface area contributed by atoms with Gasteiger partial charge in [-0.3, -0.25) is 4.31 Å². The van der Waals surface area contributed by atoms with Crippen molar-refractivity contribution in [1.29, 1.82) is 0 Å². The van der Waals surface area contributed by atoms with E-state index in [-0.39, 0.29) is 11.8 Å². The smallest absolute Gasteiger partial charge is 0.239 e. The minimum Gasteiger partial charge on any atom is -0.308 e. The molecule has 0 saturated heterocycles. The maximum absolute atomic E-state index is 12.9. The Morgan fingerprint density at radius 1 is 1.09 bits per heavy atom. The van der Waals surface area contributed by atoms with Crippen LogP contribution in [0.25, 0.3) is 0 Å². The zero-order chi connectivity index (χ0) is 15.6. The van der Waals surface area contributed by atoms with Gasteiger partial charge in [0.1, 0.15) is 0 Å². The molecule has 3 rings (SSSR count).